The summed E-state index contributed by atoms with van der Waals surface area (Å²) in [6, 6.07) is 7.36. The van der Waals surface area contributed by atoms with Gasteiger partial charge in [0.05, 0.1) is 6.61 Å². The number of hydrogen-bond donors (Lipinski definition) is 2. The van der Waals surface area contributed by atoms with E-state index in [4.69, 9.17) is 9.47 Å². The first-order chi connectivity index (χ1) is 15.1. The highest BCUT2D eigenvalue weighted by molar-refractivity contribution is 6.00. The summed E-state index contributed by atoms with van der Waals surface area (Å²) in [5.41, 5.74) is -0.603. The Kier molecular flexibility index (Phi) is 5.68. The zero-order valence-electron chi connectivity index (χ0n) is 18.6. The Hall–Kier alpha value is -2.62. The van der Waals surface area contributed by atoms with Gasteiger partial charge in [-0.2, -0.15) is 4.98 Å². The lowest BCUT2D eigenvalue weighted by Crippen LogP contribution is -2.44. The second kappa shape index (κ2) is 8.06. The highest BCUT2D eigenvalue weighted by atomic mass is 19.1. The molecule has 8 nitrogen and oxygen atoms in total. The van der Waals surface area contributed by atoms with Crippen LogP contribution in [-0.4, -0.2) is 55.6 Å². The fourth-order valence-corrected chi connectivity index (χ4v) is 4.33. The van der Waals surface area contributed by atoms with Crippen molar-refractivity contribution in [2.75, 3.05) is 6.61 Å². The van der Waals surface area contributed by atoms with Crippen molar-refractivity contribution in [3.05, 3.63) is 52.1 Å². The Morgan fingerprint density at radius 3 is 2.78 bits per heavy atom. The highest BCUT2D eigenvalue weighted by Gasteiger charge is 2.57. The van der Waals surface area contributed by atoms with Crippen LogP contribution in [0.4, 0.5) is 10.2 Å². The number of ether oxygens (including phenoxy) is 2. The lowest BCUT2D eigenvalue weighted by atomic mass is 9.93. The van der Waals surface area contributed by atoms with Crippen molar-refractivity contribution in [3.63, 3.8) is 0 Å². The second-order valence-electron chi connectivity index (χ2n) is 8.97. The summed E-state index contributed by atoms with van der Waals surface area (Å²) in [6.45, 7) is 6.86. The molecule has 32 heavy (non-hydrogen) atoms. The standard InChI is InChI=1S/C23H28FN3O5/c1-5-23(24)19(29)17(12-28)31-20(23)27-9-8-18(26-21(27)30)25-13(2)14-6-7-15-11-22(3,4)32-16(15)10-14/h6-10,17,19-20,28-29H,5,11-12H2,1-4H3. The van der Waals surface area contributed by atoms with Gasteiger partial charge in [-0.15, -0.1) is 0 Å². The smallest absolute Gasteiger partial charge is 0.351 e. The van der Waals surface area contributed by atoms with E-state index in [9.17, 15) is 15.0 Å². The molecule has 4 rings (SSSR count). The summed E-state index contributed by atoms with van der Waals surface area (Å²) in [7, 11) is 0. The molecule has 1 fully saturated rings. The average molecular weight is 445 g/mol. The number of aliphatic hydroxyl groups is 2. The monoisotopic (exact) mass is 445 g/mol. The van der Waals surface area contributed by atoms with Crippen LogP contribution in [-0.2, 0) is 11.2 Å². The fourth-order valence-electron chi connectivity index (χ4n) is 4.33. The Morgan fingerprint density at radius 1 is 1.38 bits per heavy atom. The molecule has 2 N–H and O–H groups in total. The number of aliphatic imine (C=N–C) groups is 1. The van der Waals surface area contributed by atoms with E-state index in [1.165, 1.54) is 12.3 Å². The van der Waals surface area contributed by atoms with Gasteiger partial charge in [0.2, 0.25) is 0 Å². The number of hydrogen-bond acceptors (Lipinski definition) is 7. The van der Waals surface area contributed by atoms with Crippen molar-refractivity contribution in [1.82, 2.24) is 9.55 Å². The van der Waals surface area contributed by atoms with Gasteiger partial charge < -0.3 is 19.7 Å². The van der Waals surface area contributed by atoms with Crippen molar-refractivity contribution in [1.29, 1.82) is 0 Å². The molecular weight excluding hydrogens is 417 g/mol. The van der Waals surface area contributed by atoms with Crippen LogP contribution in [0.25, 0.3) is 0 Å². The van der Waals surface area contributed by atoms with Crippen LogP contribution >= 0.6 is 0 Å². The third-order valence-electron chi connectivity index (χ3n) is 6.12. The molecule has 0 saturated carbocycles. The van der Waals surface area contributed by atoms with Gasteiger partial charge in [0.1, 0.15) is 23.6 Å². The molecule has 9 heteroatoms. The first-order valence-electron chi connectivity index (χ1n) is 10.7. The number of rotatable bonds is 5. The van der Waals surface area contributed by atoms with Gasteiger partial charge in [-0.05, 0) is 50.5 Å². The van der Waals surface area contributed by atoms with Gasteiger partial charge in [-0.3, -0.25) is 4.57 Å². The molecule has 3 heterocycles. The average Bonchev–Trinajstić information content (AvgIpc) is 3.19. The molecule has 0 bridgehead atoms. The third kappa shape index (κ3) is 3.85. The molecule has 2 aromatic rings. The van der Waals surface area contributed by atoms with Crippen LogP contribution < -0.4 is 10.4 Å². The Morgan fingerprint density at radius 2 is 2.12 bits per heavy atom. The molecule has 1 aromatic heterocycles. The summed E-state index contributed by atoms with van der Waals surface area (Å²) in [5.74, 6) is 0.989. The van der Waals surface area contributed by atoms with Crippen LogP contribution in [0.15, 0.2) is 40.2 Å². The van der Waals surface area contributed by atoms with E-state index in [0.717, 1.165) is 27.9 Å². The molecule has 2 aliphatic rings. The van der Waals surface area contributed by atoms with E-state index in [1.807, 2.05) is 32.0 Å². The summed E-state index contributed by atoms with van der Waals surface area (Å²) in [5, 5.41) is 19.6. The van der Waals surface area contributed by atoms with E-state index >= 15 is 4.39 Å². The minimum atomic E-state index is -2.22. The Labute approximate surface area is 185 Å². The molecule has 2 aliphatic heterocycles. The fraction of sp³-hybridized carbons (Fsp3) is 0.522. The van der Waals surface area contributed by atoms with Gasteiger partial charge in [0.15, 0.2) is 17.7 Å². The van der Waals surface area contributed by atoms with Crippen LogP contribution in [0.1, 0.15) is 51.5 Å². The number of aromatic nitrogens is 2. The maximum absolute atomic E-state index is 15.4. The third-order valence-corrected chi connectivity index (χ3v) is 6.12. The molecule has 0 amide bonds. The van der Waals surface area contributed by atoms with Crippen molar-refractivity contribution in [2.24, 2.45) is 4.99 Å². The summed E-state index contributed by atoms with van der Waals surface area (Å²) >= 11 is 0. The number of fused-ring (bicyclic) bond motifs is 1. The van der Waals surface area contributed by atoms with Crippen molar-refractivity contribution >= 4 is 11.5 Å². The normalized spacial score (nSPS) is 29.1. The lowest BCUT2D eigenvalue weighted by molar-refractivity contribution is -0.0674. The molecule has 172 valence electrons. The summed E-state index contributed by atoms with van der Waals surface area (Å²) < 4.78 is 27.8. The van der Waals surface area contributed by atoms with Crippen molar-refractivity contribution in [2.45, 2.75) is 70.2 Å². The molecule has 4 atom stereocenters. The largest absolute Gasteiger partial charge is 0.487 e. The number of aliphatic hydroxyl groups excluding tert-OH is 2. The number of alkyl halides is 1. The maximum Gasteiger partial charge on any atom is 0.351 e. The number of halogens is 1. The van der Waals surface area contributed by atoms with E-state index in [1.54, 1.807) is 13.8 Å². The summed E-state index contributed by atoms with van der Waals surface area (Å²) in [4.78, 5) is 21.0. The highest BCUT2D eigenvalue weighted by Crippen LogP contribution is 2.43. The van der Waals surface area contributed by atoms with Crippen LogP contribution in [0.2, 0.25) is 0 Å². The molecular formula is C23H28FN3O5. The molecule has 0 aliphatic carbocycles. The summed E-state index contributed by atoms with van der Waals surface area (Å²) in [6.07, 6.45) is -1.99. The van der Waals surface area contributed by atoms with Crippen LogP contribution in [0.3, 0.4) is 0 Å². The van der Waals surface area contributed by atoms with Crippen molar-refractivity contribution < 1.29 is 24.1 Å². The topological polar surface area (TPSA) is 106 Å². The zero-order chi connectivity index (χ0) is 23.3. The maximum atomic E-state index is 15.4. The Bertz CT molecular complexity index is 1120. The van der Waals surface area contributed by atoms with Gasteiger partial charge in [0, 0.05) is 18.3 Å². The molecule has 0 spiro atoms. The minimum absolute atomic E-state index is 0.0992. The predicted octanol–water partition coefficient (Wildman–Crippen LogP) is 2.47. The number of nitrogens with zero attached hydrogens (tertiary/aromatic N) is 3. The SMILES string of the molecule is CCC1(F)C(O)C(CO)OC1n1ccc(N=C(C)c2ccc3c(c2)OC(C)(C)C3)nc1=O. The Balaban J connectivity index is 1.61. The lowest BCUT2D eigenvalue weighted by Gasteiger charge is -2.27. The first-order valence-corrected chi connectivity index (χ1v) is 10.7. The van der Waals surface area contributed by atoms with E-state index in [0.29, 0.717) is 5.71 Å². The second-order valence-corrected chi connectivity index (χ2v) is 8.97. The zero-order valence-corrected chi connectivity index (χ0v) is 18.6. The molecule has 1 saturated heterocycles. The van der Waals surface area contributed by atoms with Gasteiger partial charge >= 0.3 is 5.69 Å². The predicted molar refractivity (Wildman–Crippen MR) is 116 cm³/mol. The molecule has 0 radical (unpaired) electrons. The van der Waals surface area contributed by atoms with Crippen molar-refractivity contribution in [3.8, 4) is 5.75 Å². The van der Waals surface area contributed by atoms with Gasteiger partial charge in [-0.25, -0.2) is 14.2 Å². The van der Waals surface area contributed by atoms with E-state index in [-0.39, 0.29) is 17.8 Å². The van der Waals surface area contributed by atoms with E-state index < -0.39 is 36.4 Å². The first kappa shape index (κ1) is 22.6. The minimum Gasteiger partial charge on any atom is -0.487 e. The molecule has 1 aromatic carbocycles. The van der Waals surface area contributed by atoms with Gasteiger partial charge in [-0.1, -0.05) is 19.1 Å². The molecule has 4 unspecified atom stereocenters. The van der Waals surface area contributed by atoms with Crippen LogP contribution in [0, 0.1) is 0 Å². The van der Waals surface area contributed by atoms with E-state index in [2.05, 4.69) is 9.98 Å². The van der Waals surface area contributed by atoms with Gasteiger partial charge in [0.25, 0.3) is 0 Å². The quantitative estimate of drug-likeness (QED) is 0.685. The van der Waals surface area contributed by atoms with Crippen LogP contribution in [0.5, 0.6) is 5.75 Å². The number of benzene rings is 1.